The summed E-state index contributed by atoms with van der Waals surface area (Å²) in [5.41, 5.74) is 2.02. The summed E-state index contributed by atoms with van der Waals surface area (Å²) in [5.74, 6) is 0. The lowest BCUT2D eigenvalue weighted by Crippen LogP contribution is -2.37. The standard InChI is InChI=1S/C15H22N2O/c1-12-7-6-10-14(11-12)17-15(18)16-13-8-4-2-3-5-9-13/h6-7,10-11,13H,2-5,8-9H2,1H3,(H2,16,17,18). The van der Waals surface area contributed by atoms with Gasteiger partial charge in [0.05, 0.1) is 0 Å². The molecule has 2 amide bonds. The Kier molecular flexibility index (Phi) is 4.62. The number of nitrogens with one attached hydrogen (secondary N) is 2. The molecule has 0 bridgehead atoms. The van der Waals surface area contributed by atoms with Crippen LogP contribution < -0.4 is 10.6 Å². The number of hydrogen-bond donors (Lipinski definition) is 2. The number of anilines is 1. The van der Waals surface area contributed by atoms with E-state index >= 15 is 0 Å². The number of amides is 2. The zero-order valence-corrected chi connectivity index (χ0v) is 11.0. The van der Waals surface area contributed by atoms with Crippen molar-refractivity contribution >= 4 is 11.7 Å². The summed E-state index contributed by atoms with van der Waals surface area (Å²) in [6, 6.07) is 8.14. The molecule has 0 aliphatic heterocycles. The molecule has 0 spiro atoms. The molecule has 18 heavy (non-hydrogen) atoms. The van der Waals surface area contributed by atoms with Crippen LogP contribution in [-0.4, -0.2) is 12.1 Å². The number of hydrogen-bond acceptors (Lipinski definition) is 1. The highest BCUT2D eigenvalue weighted by Crippen LogP contribution is 2.17. The first-order valence-electron chi connectivity index (χ1n) is 6.88. The number of carbonyl (C=O) groups is 1. The monoisotopic (exact) mass is 246 g/mol. The van der Waals surface area contributed by atoms with Crippen molar-refractivity contribution in [2.45, 2.75) is 51.5 Å². The van der Waals surface area contributed by atoms with Crippen LogP contribution in [-0.2, 0) is 0 Å². The number of carbonyl (C=O) groups excluding carboxylic acids is 1. The van der Waals surface area contributed by atoms with Crippen LogP contribution in [0.25, 0.3) is 0 Å². The van der Waals surface area contributed by atoms with Gasteiger partial charge in [-0.2, -0.15) is 0 Å². The number of benzene rings is 1. The lowest BCUT2D eigenvalue weighted by Gasteiger charge is -2.16. The Morgan fingerprint density at radius 3 is 2.56 bits per heavy atom. The van der Waals surface area contributed by atoms with Gasteiger partial charge in [-0.3, -0.25) is 0 Å². The Labute approximate surface area is 109 Å². The smallest absolute Gasteiger partial charge is 0.319 e. The summed E-state index contributed by atoms with van der Waals surface area (Å²) in [5, 5.41) is 5.98. The van der Waals surface area contributed by atoms with E-state index < -0.39 is 0 Å². The topological polar surface area (TPSA) is 41.1 Å². The lowest BCUT2D eigenvalue weighted by atomic mass is 10.1. The molecule has 0 atom stereocenters. The molecule has 98 valence electrons. The van der Waals surface area contributed by atoms with Gasteiger partial charge in [-0.05, 0) is 37.5 Å². The molecule has 1 aliphatic carbocycles. The Hall–Kier alpha value is -1.51. The molecule has 1 aromatic rings. The van der Waals surface area contributed by atoms with Gasteiger partial charge < -0.3 is 10.6 Å². The highest BCUT2D eigenvalue weighted by Gasteiger charge is 2.14. The van der Waals surface area contributed by atoms with Gasteiger partial charge in [0.2, 0.25) is 0 Å². The molecule has 3 heteroatoms. The van der Waals surface area contributed by atoms with Crippen molar-refractivity contribution in [3.63, 3.8) is 0 Å². The second-order valence-electron chi connectivity index (χ2n) is 5.16. The molecule has 2 rings (SSSR count). The van der Waals surface area contributed by atoms with Gasteiger partial charge in [-0.25, -0.2) is 4.79 Å². The van der Waals surface area contributed by atoms with Crippen molar-refractivity contribution in [1.29, 1.82) is 0 Å². The largest absolute Gasteiger partial charge is 0.335 e. The zero-order chi connectivity index (χ0) is 12.8. The second-order valence-corrected chi connectivity index (χ2v) is 5.16. The van der Waals surface area contributed by atoms with Crippen LogP contribution >= 0.6 is 0 Å². The van der Waals surface area contributed by atoms with Crippen LogP contribution in [0.3, 0.4) is 0 Å². The van der Waals surface area contributed by atoms with Gasteiger partial charge in [0.1, 0.15) is 0 Å². The molecule has 1 fully saturated rings. The van der Waals surface area contributed by atoms with Crippen molar-refractivity contribution in [3.8, 4) is 0 Å². The summed E-state index contributed by atoms with van der Waals surface area (Å²) < 4.78 is 0. The van der Waals surface area contributed by atoms with Gasteiger partial charge in [0, 0.05) is 11.7 Å². The third kappa shape index (κ3) is 4.06. The van der Waals surface area contributed by atoms with E-state index in [1.807, 2.05) is 31.2 Å². The summed E-state index contributed by atoms with van der Waals surface area (Å²) in [6.45, 7) is 2.02. The normalized spacial score (nSPS) is 16.9. The zero-order valence-electron chi connectivity index (χ0n) is 11.0. The molecular weight excluding hydrogens is 224 g/mol. The first-order chi connectivity index (χ1) is 8.74. The first-order valence-corrected chi connectivity index (χ1v) is 6.88. The van der Waals surface area contributed by atoms with Crippen molar-refractivity contribution in [2.75, 3.05) is 5.32 Å². The fraction of sp³-hybridized carbons (Fsp3) is 0.533. The first kappa shape index (κ1) is 12.9. The van der Waals surface area contributed by atoms with E-state index in [1.165, 1.54) is 25.7 Å². The number of rotatable bonds is 2. The summed E-state index contributed by atoms with van der Waals surface area (Å²) in [7, 11) is 0. The van der Waals surface area contributed by atoms with Crippen LogP contribution in [0.5, 0.6) is 0 Å². The number of urea groups is 1. The van der Waals surface area contributed by atoms with E-state index in [0.717, 1.165) is 24.1 Å². The average Bonchev–Trinajstić information content (AvgIpc) is 2.57. The minimum atomic E-state index is -0.0764. The molecule has 0 saturated heterocycles. The lowest BCUT2D eigenvalue weighted by molar-refractivity contribution is 0.247. The van der Waals surface area contributed by atoms with Crippen LogP contribution in [0.2, 0.25) is 0 Å². The Morgan fingerprint density at radius 2 is 1.89 bits per heavy atom. The molecule has 1 saturated carbocycles. The summed E-state index contributed by atoms with van der Waals surface area (Å²) in [6.07, 6.45) is 7.29. The van der Waals surface area contributed by atoms with Gasteiger partial charge in [0.25, 0.3) is 0 Å². The summed E-state index contributed by atoms with van der Waals surface area (Å²) in [4.78, 5) is 11.9. The van der Waals surface area contributed by atoms with Gasteiger partial charge in [0.15, 0.2) is 0 Å². The van der Waals surface area contributed by atoms with E-state index in [-0.39, 0.29) is 6.03 Å². The quantitative estimate of drug-likeness (QED) is 0.765. The fourth-order valence-electron chi connectivity index (χ4n) is 2.50. The molecule has 0 radical (unpaired) electrons. The molecule has 0 heterocycles. The molecule has 1 aromatic carbocycles. The van der Waals surface area contributed by atoms with Crippen LogP contribution in [0.15, 0.2) is 24.3 Å². The second kappa shape index (κ2) is 6.43. The van der Waals surface area contributed by atoms with Crippen molar-refractivity contribution in [2.24, 2.45) is 0 Å². The molecule has 0 aromatic heterocycles. The maximum atomic E-state index is 11.9. The molecule has 3 nitrogen and oxygen atoms in total. The highest BCUT2D eigenvalue weighted by molar-refractivity contribution is 5.89. The van der Waals surface area contributed by atoms with Crippen LogP contribution in [0.4, 0.5) is 10.5 Å². The van der Waals surface area contributed by atoms with Crippen molar-refractivity contribution in [1.82, 2.24) is 5.32 Å². The Bertz CT molecular complexity index is 395. The third-order valence-corrected chi connectivity index (χ3v) is 3.47. The fourth-order valence-corrected chi connectivity index (χ4v) is 2.50. The van der Waals surface area contributed by atoms with E-state index in [2.05, 4.69) is 10.6 Å². The maximum Gasteiger partial charge on any atom is 0.319 e. The van der Waals surface area contributed by atoms with Gasteiger partial charge >= 0.3 is 6.03 Å². The minimum Gasteiger partial charge on any atom is -0.335 e. The third-order valence-electron chi connectivity index (χ3n) is 3.47. The molecule has 0 unspecified atom stereocenters. The number of aryl methyl sites for hydroxylation is 1. The molecular formula is C15H22N2O. The van der Waals surface area contributed by atoms with Crippen molar-refractivity contribution < 1.29 is 4.79 Å². The average molecular weight is 246 g/mol. The van der Waals surface area contributed by atoms with Gasteiger partial charge in [-0.1, -0.05) is 37.8 Å². The molecule has 2 N–H and O–H groups in total. The summed E-state index contributed by atoms with van der Waals surface area (Å²) >= 11 is 0. The minimum absolute atomic E-state index is 0.0764. The van der Waals surface area contributed by atoms with Crippen molar-refractivity contribution in [3.05, 3.63) is 29.8 Å². The predicted octanol–water partition coefficient (Wildman–Crippen LogP) is 3.84. The van der Waals surface area contributed by atoms with E-state index in [1.54, 1.807) is 0 Å². The van der Waals surface area contributed by atoms with E-state index in [9.17, 15) is 4.79 Å². The predicted molar refractivity (Wildman–Crippen MR) is 74.8 cm³/mol. The Balaban J connectivity index is 1.84. The van der Waals surface area contributed by atoms with Crippen LogP contribution in [0, 0.1) is 6.92 Å². The maximum absolute atomic E-state index is 11.9. The van der Waals surface area contributed by atoms with E-state index in [4.69, 9.17) is 0 Å². The van der Waals surface area contributed by atoms with Crippen LogP contribution in [0.1, 0.15) is 44.1 Å². The SMILES string of the molecule is Cc1cccc(NC(=O)NC2CCCCCC2)c1. The van der Waals surface area contributed by atoms with E-state index in [0.29, 0.717) is 6.04 Å². The molecule has 1 aliphatic rings. The highest BCUT2D eigenvalue weighted by atomic mass is 16.2. The van der Waals surface area contributed by atoms with Gasteiger partial charge in [-0.15, -0.1) is 0 Å². The Morgan fingerprint density at radius 1 is 1.17 bits per heavy atom.